The molecule has 72 valence electrons. The maximum atomic E-state index is 11.8. The summed E-state index contributed by atoms with van der Waals surface area (Å²) in [5.74, 6) is 0. The molecule has 0 atom stereocenters. The Hall–Kier alpha value is -1.91. The van der Waals surface area contributed by atoms with Crippen molar-refractivity contribution in [3.05, 3.63) is 34.6 Å². The third-order valence-corrected chi connectivity index (χ3v) is 1.93. The van der Waals surface area contributed by atoms with Gasteiger partial charge in [0.15, 0.2) is 0 Å². The largest absolute Gasteiger partial charge is 0.298 e. The topological polar surface area (TPSA) is 51.0 Å². The smallest absolute Gasteiger partial charge is 0.296 e. The van der Waals surface area contributed by atoms with Gasteiger partial charge in [-0.3, -0.25) is 9.80 Å². The zero-order chi connectivity index (χ0) is 10.1. The second kappa shape index (κ2) is 3.10. The molecule has 0 unspecified atom stereocenters. The van der Waals surface area contributed by atoms with E-state index in [2.05, 4.69) is 10.3 Å². The molecule has 0 fully saturated rings. The SMILES string of the molecule is CN(C)n1nnc2ccccc2c1=O. The molecule has 0 radical (unpaired) electrons. The summed E-state index contributed by atoms with van der Waals surface area (Å²) < 4.78 is 0. The summed E-state index contributed by atoms with van der Waals surface area (Å²) in [6.07, 6.45) is 0. The minimum absolute atomic E-state index is 0.152. The van der Waals surface area contributed by atoms with Gasteiger partial charge in [-0.05, 0) is 17.3 Å². The molecule has 0 saturated carbocycles. The minimum atomic E-state index is -0.152. The molecule has 1 aromatic carbocycles. The van der Waals surface area contributed by atoms with Crippen molar-refractivity contribution in [2.45, 2.75) is 0 Å². The van der Waals surface area contributed by atoms with Crippen molar-refractivity contribution in [2.75, 3.05) is 19.1 Å². The first kappa shape index (κ1) is 8.68. The Morgan fingerprint density at radius 2 is 2.00 bits per heavy atom. The molecule has 0 saturated heterocycles. The highest BCUT2D eigenvalue weighted by Gasteiger charge is 2.04. The molecule has 1 aromatic heterocycles. The van der Waals surface area contributed by atoms with Crippen molar-refractivity contribution in [1.29, 1.82) is 0 Å². The van der Waals surface area contributed by atoms with Crippen LogP contribution in [0.3, 0.4) is 0 Å². The lowest BCUT2D eigenvalue weighted by Crippen LogP contribution is -2.38. The number of hydrogen-bond donors (Lipinski definition) is 0. The summed E-state index contributed by atoms with van der Waals surface area (Å²) in [5, 5.41) is 9.89. The van der Waals surface area contributed by atoms with Gasteiger partial charge in [-0.1, -0.05) is 12.1 Å². The Labute approximate surface area is 80.5 Å². The van der Waals surface area contributed by atoms with E-state index in [9.17, 15) is 4.79 Å². The van der Waals surface area contributed by atoms with E-state index in [-0.39, 0.29) is 5.56 Å². The van der Waals surface area contributed by atoms with Crippen molar-refractivity contribution in [3.63, 3.8) is 0 Å². The predicted octanol–water partition coefficient (Wildman–Crippen LogP) is -0.0109. The van der Waals surface area contributed by atoms with Crippen LogP contribution in [0.5, 0.6) is 0 Å². The van der Waals surface area contributed by atoms with Gasteiger partial charge in [0.05, 0.1) is 5.39 Å². The first-order valence-electron chi connectivity index (χ1n) is 4.22. The highest BCUT2D eigenvalue weighted by molar-refractivity contribution is 5.76. The Morgan fingerprint density at radius 1 is 1.29 bits per heavy atom. The van der Waals surface area contributed by atoms with Crippen LogP contribution in [-0.4, -0.2) is 29.2 Å². The standard InChI is InChI=1S/C9H10N4O/c1-12(2)13-9(14)7-5-3-4-6-8(7)10-11-13/h3-6H,1-2H3. The molecule has 0 aliphatic carbocycles. The highest BCUT2D eigenvalue weighted by Crippen LogP contribution is 2.02. The number of hydrogen-bond acceptors (Lipinski definition) is 4. The van der Waals surface area contributed by atoms with E-state index in [1.807, 2.05) is 12.1 Å². The molecular formula is C9H10N4O. The number of benzene rings is 1. The lowest BCUT2D eigenvalue weighted by atomic mass is 10.2. The quantitative estimate of drug-likeness (QED) is 0.634. The van der Waals surface area contributed by atoms with Gasteiger partial charge in [0.1, 0.15) is 5.52 Å². The number of nitrogens with zero attached hydrogens (tertiary/aromatic N) is 4. The van der Waals surface area contributed by atoms with Crippen molar-refractivity contribution in [3.8, 4) is 0 Å². The van der Waals surface area contributed by atoms with Gasteiger partial charge in [-0.2, -0.15) is 0 Å². The lowest BCUT2D eigenvalue weighted by molar-refractivity contribution is 0.567. The molecular weight excluding hydrogens is 180 g/mol. The molecule has 2 aromatic rings. The Balaban J connectivity index is 2.82. The Kier molecular flexibility index (Phi) is 1.92. The predicted molar refractivity (Wildman–Crippen MR) is 53.9 cm³/mol. The van der Waals surface area contributed by atoms with Gasteiger partial charge in [0.2, 0.25) is 0 Å². The van der Waals surface area contributed by atoms with E-state index in [0.29, 0.717) is 10.9 Å². The van der Waals surface area contributed by atoms with E-state index in [0.717, 1.165) is 0 Å². The molecule has 0 aliphatic rings. The lowest BCUT2D eigenvalue weighted by Gasteiger charge is -2.12. The van der Waals surface area contributed by atoms with Crippen LogP contribution in [0.4, 0.5) is 0 Å². The van der Waals surface area contributed by atoms with Crippen molar-refractivity contribution in [2.24, 2.45) is 0 Å². The third-order valence-electron chi connectivity index (χ3n) is 1.93. The molecule has 14 heavy (non-hydrogen) atoms. The van der Waals surface area contributed by atoms with Gasteiger partial charge in [0.25, 0.3) is 5.56 Å². The van der Waals surface area contributed by atoms with Crippen LogP contribution in [0.15, 0.2) is 29.1 Å². The minimum Gasteiger partial charge on any atom is -0.298 e. The fourth-order valence-corrected chi connectivity index (χ4v) is 1.24. The van der Waals surface area contributed by atoms with Crippen LogP contribution in [-0.2, 0) is 0 Å². The zero-order valence-corrected chi connectivity index (χ0v) is 8.01. The van der Waals surface area contributed by atoms with Gasteiger partial charge in [-0.25, -0.2) is 0 Å². The van der Waals surface area contributed by atoms with Crippen molar-refractivity contribution < 1.29 is 0 Å². The molecule has 1 heterocycles. The second-order valence-electron chi connectivity index (χ2n) is 3.15. The number of rotatable bonds is 1. The Bertz CT molecular complexity index is 517. The summed E-state index contributed by atoms with van der Waals surface area (Å²) in [6, 6.07) is 7.15. The normalized spacial score (nSPS) is 10.4. The summed E-state index contributed by atoms with van der Waals surface area (Å²) >= 11 is 0. The molecule has 5 heteroatoms. The van der Waals surface area contributed by atoms with Gasteiger partial charge >= 0.3 is 0 Å². The molecule has 0 spiro atoms. The van der Waals surface area contributed by atoms with Crippen LogP contribution >= 0.6 is 0 Å². The maximum Gasteiger partial charge on any atom is 0.296 e. The number of fused-ring (bicyclic) bond motifs is 1. The summed E-state index contributed by atoms with van der Waals surface area (Å²) in [4.78, 5) is 13.0. The van der Waals surface area contributed by atoms with Crippen LogP contribution < -0.4 is 10.6 Å². The Morgan fingerprint density at radius 3 is 2.71 bits per heavy atom. The molecule has 0 bridgehead atoms. The average Bonchev–Trinajstić information content (AvgIpc) is 2.18. The molecule has 0 amide bonds. The first-order chi connectivity index (χ1) is 6.70. The molecule has 5 nitrogen and oxygen atoms in total. The maximum absolute atomic E-state index is 11.8. The average molecular weight is 190 g/mol. The van der Waals surface area contributed by atoms with E-state index in [4.69, 9.17) is 0 Å². The fourth-order valence-electron chi connectivity index (χ4n) is 1.24. The van der Waals surface area contributed by atoms with Crippen LogP contribution in [0, 0.1) is 0 Å². The van der Waals surface area contributed by atoms with Crippen LogP contribution in [0.25, 0.3) is 10.9 Å². The molecule has 0 N–H and O–H groups in total. The fraction of sp³-hybridized carbons (Fsp3) is 0.222. The van der Waals surface area contributed by atoms with E-state index in [1.54, 1.807) is 31.2 Å². The molecule has 0 aliphatic heterocycles. The molecule has 2 rings (SSSR count). The highest BCUT2D eigenvalue weighted by atomic mass is 16.1. The van der Waals surface area contributed by atoms with Crippen LogP contribution in [0.1, 0.15) is 0 Å². The van der Waals surface area contributed by atoms with Crippen molar-refractivity contribution in [1.82, 2.24) is 15.1 Å². The number of aromatic nitrogens is 3. The van der Waals surface area contributed by atoms with E-state index >= 15 is 0 Å². The zero-order valence-electron chi connectivity index (χ0n) is 8.01. The summed E-state index contributed by atoms with van der Waals surface area (Å²) in [6.45, 7) is 0. The van der Waals surface area contributed by atoms with Gasteiger partial charge in [0, 0.05) is 14.1 Å². The van der Waals surface area contributed by atoms with E-state index < -0.39 is 0 Å². The van der Waals surface area contributed by atoms with E-state index in [1.165, 1.54) is 4.79 Å². The monoisotopic (exact) mass is 190 g/mol. The third kappa shape index (κ3) is 1.22. The summed E-state index contributed by atoms with van der Waals surface area (Å²) in [5.41, 5.74) is 0.469. The van der Waals surface area contributed by atoms with Gasteiger partial charge < -0.3 is 0 Å². The van der Waals surface area contributed by atoms with Crippen LogP contribution in [0.2, 0.25) is 0 Å². The summed E-state index contributed by atoms with van der Waals surface area (Å²) in [7, 11) is 3.48. The second-order valence-corrected chi connectivity index (χ2v) is 3.15. The van der Waals surface area contributed by atoms with Crippen molar-refractivity contribution >= 4 is 10.9 Å². The first-order valence-corrected chi connectivity index (χ1v) is 4.22. The van der Waals surface area contributed by atoms with Gasteiger partial charge in [-0.15, -0.1) is 9.89 Å².